The van der Waals surface area contributed by atoms with Crippen molar-refractivity contribution in [1.82, 2.24) is 4.90 Å². The SMILES string of the molecule is CCCCOc1ccc(C(=O)N2CCN(c3ccccc3[N+](=O)[O-])CC2)cc1. The molecule has 1 amide bonds. The maximum Gasteiger partial charge on any atom is 0.292 e. The summed E-state index contributed by atoms with van der Waals surface area (Å²) >= 11 is 0. The number of rotatable bonds is 7. The lowest BCUT2D eigenvalue weighted by Gasteiger charge is -2.35. The van der Waals surface area contributed by atoms with Crippen LogP contribution in [0.4, 0.5) is 11.4 Å². The first-order valence-corrected chi connectivity index (χ1v) is 9.60. The molecular weight excluding hydrogens is 358 g/mol. The van der Waals surface area contributed by atoms with Gasteiger partial charge >= 0.3 is 0 Å². The van der Waals surface area contributed by atoms with Crippen LogP contribution in [-0.4, -0.2) is 48.5 Å². The molecule has 7 nitrogen and oxygen atoms in total. The highest BCUT2D eigenvalue weighted by atomic mass is 16.6. The quantitative estimate of drug-likeness (QED) is 0.414. The predicted molar refractivity (Wildman–Crippen MR) is 108 cm³/mol. The van der Waals surface area contributed by atoms with Gasteiger partial charge in [-0.15, -0.1) is 0 Å². The Morgan fingerprint density at radius 2 is 1.75 bits per heavy atom. The monoisotopic (exact) mass is 383 g/mol. The minimum absolute atomic E-state index is 0.0256. The molecule has 7 heteroatoms. The molecule has 1 fully saturated rings. The molecular formula is C21H25N3O4. The number of unbranched alkanes of at least 4 members (excludes halogenated alkanes) is 1. The smallest absolute Gasteiger partial charge is 0.292 e. The molecule has 148 valence electrons. The van der Waals surface area contributed by atoms with Gasteiger partial charge in [-0.25, -0.2) is 0 Å². The van der Waals surface area contributed by atoms with Crippen LogP contribution in [0.1, 0.15) is 30.1 Å². The van der Waals surface area contributed by atoms with Crippen LogP contribution in [0.5, 0.6) is 5.75 Å². The van der Waals surface area contributed by atoms with Crippen LogP contribution in [0.25, 0.3) is 0 Å². The fourth-order valence-corrected chi connectivity index (χ4v) is 3.25. The number of hydrogen-bond donors (Lipinski definition) is 0. The fourth-order valence-electron chi connectivity index (χ4n) is 3.25. The second kappa shape index (κ2) is 9.21. The van der Waals surface area contributed by atoms with Crippen molar-refractivity contribution in [2.75, 3.05) is 37.7 Å². The number of piperazine rings is 1. The van der Waals surface area contributed by atoms with Crippen LogP contribution in [0.2, 0.25) is 0 Å². The van der Waals surface area contributed by atoms with Gasteiger partial charge in [-0.1, -0.05) is 25.5 Å². The van der Waals surface area contributed by atoms with E-state index in [0.29, 0.717) is 44.0 Å². The van der Waals surface area contributed by atoms with Crippen LogP contribution < -0.4 is 9.64 Å². The number of carbonyl (C=O) groups is 1. The number of nitrogens with zero attached hydrogens (tertiary/aromatic N) is 3. The highest BCUT2D eigenvalue weighted by molar-refractivity contribution is 5.94. The van der Waals surface area contributed by atoms with Crippen molar-refractivity contribution in [3.8, 4) is 5.75 Å². The van der Waals surface area contributed by atoms with Gasteiger partial charge in [0, 0.05) is 37.8 Å². The van der Waals surface area contributed by atoms with Gasteiger partial charge in [0.05, 0.1) is 11.5 Å². The van der Waals surface area contributed by atoms with Crippen molar-refractivity contribution >= 4 is 17.3 Å². The summed E-state index contributed by atoms with van der Waals surface area (Å²) in [5.74, 6) is 0.744. The molecule has 3 rings (SSSR count). The van der Waals surface area contributed by atoms with E-state index in [1.807, 2.05) is 17.0 Å². The van der Waals surface area contributed by atoms with Crippen molar-refractivity contribution in [3.63, 3.8) is 0 Å². The normalized spacial score (nSPS) is 14.0. The number of hydrogen-bond acceptors (Lipinski definition) is 5. The molecule has 1 aliphatic heterocycles. The van der Waals surface area contributed by atoms with Gasteiger partial charge in [0.15, 0.2) is 0 Å². The number of amides is 1. The van der Waals surface area contributed by atoms with E-state index in [0.717, 1.165) is 18.6 Å². The molecule has 0 bridgehead atoms. The Morgan fingerprint density at radius 3 is 2.39 bits per heavy atom. The molecule has 2 aromatic carbocycles. The summed E-state index contributed by atoms with van der Waals surface area (Å²) in [7, 11) is 0. The first-order valence-electron chi connectivity index (χ1n) is 9.60. The first kappa shape index (κ1) is 19.7. The molecule has 28 heavy (non-hydrogen) atoms. The molecule has 0 spiro atoms. The molecule has 1 saturated heterocycles. The van der Waals surface area contributed by atoms with Crippen LogP contribution in [-0.2, 0) is 0 Å². The Morgan fingerprint density at radius 1 is 1.07 bits per heavy atom. The zero-order chi connectivity index (χ0) is 19.9. The molecule has 0 N–H and O–H groups in total. The topological polar surface area (TPSA) is 75.9 Å². The van der Waals surface area contributed by atoms with Gasteiger partial charge < -0.3 is 14.5 Å². The highest BCUT2D eigenvalue weighted by Crippen LogP contribution is 2.28. The summed E-state index contributed by atoms with van der Waals surface area (Å²) in [5.41, 5.74) is 1.33. The van der Waals surface area contributed by atoms with Crippen molar-refractivity contribution in [1.29, 1.82) is 0 Å². The fraction of sp³-hybridized carbons (Fsp3) is 0.381. The minimum atomic E-state index is -0.364. The second-order valence-corrected chi connectivity index (χ2v) is 6.75. The average Bonchev–Trinajstić information content (AvgIpc) is 2.74. The Labute approximate surface area is 164 Å². The zero-order valence-electron chi connectivity index (χ0n) is 16.0. The van der Waals surface area contributed by atoms with E-state index in [-0.39, 0.29) is 16.5 Å². The lowest BCUT2D eigenvalue weighted by atomic mass is 10.1. The third-order valence-corrected chi connectivity index (χ3v) is 4.85. The molecule has 0 atom stereocenters. The molecule has 0 saturated carbocycles. The van der Waals surface area contributed by atoms with Crippen LogP contribution in [0.15, 0.2) is 48.5 Å². The number of carbonyl (C=O) groups excluding carboxylic acids is 1. The number of ether oxygens (including phenoxy) is 1. The zero-order valence-corrected chi connectivity index (χ0v) is 16.0. The molecule has 0 radical (unpaired) electrons. The summed E-state index contributed by atoms with van der Waals surface area (Å²) in [5, 5.41) is 11.2. The van der Waals surface area contributed by atoms with E-state index in [9.17, 15) is 14.9 Å². The number of nitro benzene ring substituents is 1. The maximum absolute atomic E-state index is 12.7. The maximum atomic E-state index is 12.7. The summed E-state index contributed by atoms with van der Waals surface area (Å²) < 4.78 is 5.63. The predicted octanol–water partition coefficient (Wildman–Crippen LogP) is 3.74. The van der Waals surface area contributed by atoms with E-state index in [1.54, 1.807) is 35.2 Å². The van der Waals surface area contributed by atoms with Crippen molar-refractivity contribution in [3.05, 3.63) is 64.2 Å². The third-order valence-electron chi connectivity index (χ3n) is 4.85. The first-order chi connectivity index (χ1) is 13.6. The van der Waals surface area contributed by atoms with Crippen molar-refractivity contribution < 1.29 is 14.5 Å². The molecule has 0 aliphatic carbocycles. The Balaban J connectivity index is 1.59. The van der Waals surface area contributed by atoms with Gasteiger partial charge in [-0.2, -0.15) is 0 Å². The van der Waals surface area contributed by atoms with Gasteiger partial charge in [0.2, 0.25) is 0 Å². The van der Waals surface area contributed by atoms with E-state index in [4.69, 9.17) is 4.74 Å². The van der Waals surface area contributed by atoms with Gasteiger partial charge in [-0.05, 0) is 36.8 Å². The molecule has 2 aromatic rings. The Kier molecular flexibility index (Phi) is 6.47. The number of para-hydroxylation sites is 2. The van der Waals surface area contributed by atoms with E-state index >= 15 is 0 Å². The van der Waals surface area contributed by atoms with Gasteiger partial charge in [-0.3, -0.25) is 14.9 Å². The minimum Gasteiger partial charge on any atom is -0.494 e. The summed E-state index contributed by atoms with van der Waals surface area (Å²) in [6, 6.07) is 14.0. The lowest BCUT2D eigenvalue weighted by Crippen LogP contribution is -2.48. The summed E-state index contributed by atoms with van der Waals surface area (Å²) in [6.45, 7) is 4.97. The van der Waals surface area contributed by atoms with Crippen LogP contribution in [0, 0.1) is 10.1 Å². The Bertz CT molecular complexity index is 815. The van der Waals surface area contributed by atoms with Gasteiger partial charge in [0.25, 0.3) is 11.6 Å². The molecule has 1 heterocycles. The van der Waals surface area contributed by atoms with Crippen LogP contribution >= 0.6 is 0 Å². The standard InChI is InChI=1S/C21H25N3O4/c1-2-3-16-28-18-10-8-17(9-11-18)21(25)23-14-12-22(13-15-23)19-6-4-5-7-20(19)24(26)27/h4-11H,2-3,12-16H2,1H3. The average molecular weight is 383 g/mol. The lowest BCUT2D eigenvalue weighted by molar-refractivity contribution is -0.384. The van der Waals surface area contributed by atoms with E-state index in [2.05, 4.69) is 6.92 Å². The van der Waals surface area contributed by atoms with Crippen molar-refractivity contribution in [2.24, 2.45) is 0 Å². The number of nitro groups is 1. The largest absolute Gasteiger partial charge is 0.494 e. The highest BCUT2D eigenvalue weighted by Gasteiger charge is 2.26. The molecule has 0 unspecified atom stereocenters. The van der Waals surface area contributed by atoms with Crippen molar-refractivity contribution in [2.45, 2.75) is 19.8 Å². The Hall–Kier alpha value is -3.09. The number of benzene rings is 2. The number of anilines is 1. The third kappa shape index (κ3) is 4.60. The van der Waals surface area contributed by atoms with E-state index < -0.39 is 0 Å². The summed E-state index contributed by atoms with van der Waals surface area (Å²) in [6.07, 6.45) is 2.08. The van der Waals surface area contributed by atoms with Gasteiger partial charge in [0.1, 0.15) is 11.4 Å². The van der Waals surface area contributed by atoms with Crippen LogP contribution in [0.3, 0.4) is 0 Å². The molecule has 0 aromatic heterocycles. The molecule has 1 aliphatic rings. The second-order valence-electron chi connectivity index (χ2n) is 6.75. The van der Waals surface area contributed by atoms with E-state index in [1.165, 1.54) is 6.07 Å². The summed E-state index contributed by atoms with van der Waals surface area (Å²) in [4.78, 5) is 27.4.